The Balaban J connectivity index is 2.53. The number of ether oxygens (including phenoxy) is 1. The zero-order valence-electron chi connectivity index (χ0n) is 13.3. The normalized spacial score (nSPS) is 11.1. The van der Waals surface area contributed by atoms with Crippen molar-refractivity contribution in [1.29, 1.82) is 0 Å². The average Bonchev–Trinajstić information content (AvgIpc) is 2.35. The van der Waals surface area contributed by atoms with E-state index in [1.54, 1.807) is 20.8 Å². The van der Waals surface area contributed by atoms with E-state index in [1.807, 2.05) is 24.3 Å². The van der Waals surface area contributed by atoms with Crippen molar-refractivity contribution in [3.05, 3.63) is 29.8 Å². The SMILES string of the molecule is CC(C)c1ccccc1NC(=O)CNC(=O)OC(C)(C)C. The fourth-order valence-corrected chi connectivity index (χ4v) is 1.78. The molecule has 2 amide bonds. The largest absolute Gasteiger partial charge is 0.444 e. The maximum atomic E-state index is 11.9. The van der Waals surface area contributed by atoms with E-state index in [1.165, 1.54) is 0 Å². The van der Waals surface area contributed by atoms with Gasteiger partial charge in [0.05, 0.1) is 0 Å². The molecular formula is C16H24N2O3. The highest BCUT2D eigenvalue weighted by Crippen LogP contribution is 2.23. The van der Waals surface area contributed by atoms with Gasteiger partial charge in [0.2, 0.25) is 5.91 Å². The molecule has 0 aliphatic rings. The van der Waals surface area contributed by atoms with Gasteiger partial charge in [-0.05, 0) is 38.3 Å². The zero-order valence-corrected chi connectivity index (χ0v) is 13.3. The lowest BCUT2D eigenvalue weighted by Gasteiger charge is -2.19. The summed E-state index contributed by atoms with van der Waals surface area (Å²) in [6.07, 6.45) is -0.602. The number of para-hydroxylation sites is 1. The van der Waals surface area contributed by atoms with Crippen molar-refractivity contribution in [2.24, 2.45) is 0 Å². The summed E-state index contributed by atoms with van der Waals surface area (Å²) in [5.41, 5.74) is 1.25. The van der Waals surface area contributed by atoms with Crippen LogP contribution in [0.2, 0.25) is 0 Å². The standard InChI is InChI=1S/C16H24N2O3/c1-11(2)12-8-6-7-9-13(12)18-14(19)10-17-15(20)21-16(3,4)5/h6-9,11H,10H2,1-5H3,(H,17,20)(H,18,19). The Hall–Kier alpha value is -2.04. The highest BCUT2D eigenvalue weighted by atomic mass is 16.6. The van der Waals surface area contributed by atoms with Crippen LogP contribution in [0.1, 0.15) is 46.1 Å². The smallest absolute Gasteiger partial charge is 0.408 e. The van der Waals surface area contributed by atoms with Gasteiger partial charge in [0.15, 0.2) is 0 Å². The number of carbonyl (C=O) groups excluding carboxylic acids is 2. The maximum Gasteiger partial charge on any atom is 0.408 e. The van der Waals surface area contributed by atoms with Crippen LogP contribution >= 0.6 is 0 Å². The summed E-state index contributed by atoms with van der Waals surface area (Å²) >= 11 is 0. The molecular weight excluding hydrogens is 268 g/mol. The van der Waals surface area contributed by atoms with Crippen LogP contribution in [0.4, 0.5) is 10.5 Å². The van der Waals surface area contributed by atoms with Gasteiger partial charge in [-0.3, -0.25) is 4.79 Å². The van der Waals surface area contributed by atoms with E-state index in [-0.39, 0.29) is 12.5 Å². The van der Waals surface area contributed by atoms with Gasteiger partial charge < -0.3 is 15.4 Å². The van der Waals surface area contributed by atoms with Crippen LogP contribution in [0.15, 0.2) is 24.3 Å². The highest BCUT2D eigenvalue weighted by Gasteiger charge is 2.17. The second kappa shape index (κ2) is 7.11. The van der Waals surface area contributed by atoms with Crippen LogP contribution in [-0.4, -0.2) is 24.1 Å². The Bertz CT molecular complexity index is 504. The van der Waals surface area contributed by atoms with Gasteiger partial charge in [0, 0.05) is 5.69 Å². The lowest BCUT2D eigenvalue weighted by Crippen LogP contribution is -2.37. The topological polar surface area (TPSA) is 67.4 Å². The number of hydrogen-bond donors (Lipinski definition) is 2. The molecule has 0 bridgehead atoms. The van der Waals surface area contributed by atoms with Gasteiger partial charge in [-0.25, -0.2) is 4.79 Å². The molecule has 5 nitrogen and oxygen atoms in total. The van der Waals surface area contributed by atoms with Crippen molar-refractivity contribution >= 4 is 17.7 Å². The van der Waals surface area contributed by atoms with Crippen molar-refractivity contribution in [2.45, 2.75) is 46.1 Å². The predicted molar refractivity (Wildman–Crippen MR) is 83.4 cm³/mol. The first-order valence-corrected chi connectivity index (χ1v) is 7.04. The molecule has 1 rings (SSSR count). The lowest BCUT2D eigenvalue weighted by atomic mass is 10.0. The molecule has 5 heteroatoms. The minimum atomic E-state index is -0.602. The molecule has 0 unspecified atom stereocenters. The Morgan fingerprint density at radius 3 is 2.38 bits per heavy atom. The summed E-state index contributed by atoms with van der Waals surface area (Å²) in [6.45, 7) is 9.30. The molecule has 0 atom stereocenters. The Kier molecular flexibility index (Phi) is 5.76. The number of benzene rings is 1. The molecule has 0 fully saturated rings. The van der Waals surface area contributed by atoms with Crippen LogP contribution in [-0.2, 0) is 9.53 Å². The van der Waals surface area contributed by atoms with Gasteiger partial charge in [0.1, 0.15) is 12.1 Å². The molecule has 2 N–H and O–H groups in total. The van der Waals surface area contributed by atoms with Gasteiger partial charge in [-0.15, -0.1) is 0 Å². The molecule has 1 aromatic rings. The number of alkyl carbamates (subject to hydrolysis) is 1. The minimum absolute atomic E-state index is 0.124. The molecule has 0 saturated carbocycles. The Morgan fingerprint density at radius 2 is 1.81 bits per heavy atom. The third-order valence-electron chi connectivity index (χ3n) is 2.65. The van der Waals surface area contributed by atoms with E-state index in [9.17, 15) is 9.59 Å². The van der Waals surface area contributed by atoms with Crippen molar-refractivity contribution in [1.82, 2.24) is 5.32 Å². The maximum absolute atomic E-state index is 11.9. The van der Waals surface area contributed by atoms with Gasteiger partial charge in [0.25, 0.3) is 0 Å². The van der Waals surface area contributed by atoms with Gasteiger partial charge in [-0.1, -0.05) is 32.0 Å². The van der Waals surface area contributed by atoms with Crippen molar-refractivity contribution in [3.8, 4) is 0 Å². The van der Waals surface area contributed by atoms with Crippen LogP contribution in [0.5, 0.6) is 0 Å². The molecule has 1 aromatic carbocycles. The van der Waals surface area contributed by atoms with E-state index in [0.717, 1.165) is 11.3 Å². The molecule has 0 saturated heterocycles. The highest BCUT2D eigenvalue weighted by molar-refractivity contribution is 5.94. The number of amides is 2. The third-order valence-corrected chi connectivity index (χ3v) is 2.65. The second-order valence-electron chi connectivity index (χ2n) is 6.15. The fourth-order valence-electron chi connectivity index (χ4n) is 1.78. The second-order valence-corrected chi connectivity index (χ2v) is 6.15. The molecule has 0 radical (unpaired) electrons. The third kappa shape index (κ3) is 6.29. The number of carbonyl (C=O) groups is 2. The van der Waals surface area contributed by atoms with Gasteiger partial charge >= 0.3 is 6.09 Å². The van der Waals surface area contributed by atoms with Crippen molar-refractivity contribution < 1.29 is 14.3 Å². The predicted octanol–water partition coefficient (Wildman–Crippen LogP) is 3.27. The van der Waals surface area contributed by atoms with Crippen LogP contribution in [0.25, 0.3) is 0 Å². The van der Waals surface area contributed by atoms with Crippen LogP contribution in [0, 0.1) is 0 Å². The first-order chi connectivity index (χ1) is 9.69. The molecule has 21 heavy (non-hydrogen) atoms. The Labute approximate surface area is 126 Å². The van der Waals surface area contributed by atoms with E-state index >= 15 is 0 Å². The minimum Gasteiger partial charge on any atom is -0.444 e. The molecule has 0 spiro atoms. The molecule has 0 aliphatic heterocycles. The van der Waals surface area contributed by atoms with Crippen molar-refractivity contribution in [2.75, 3.05) is 11.9 Å². The quantitative estimate of drug-likeness (QED) is 0.895. The monoisotopic (exact) mass is 292 g/mol. The summed E-state index contributed by atoms with van der Waals surface area (Å²) in [5.74, 6) is 0.0225. The van der Waals surface area contributed by atoms with Crippen LogP contribution < -0.4 is 10.6 Å². The van der Waals surface area contributed by atoms with Crippen molar-refractivity contribution in [3.63, 3.8) is 0 Å². The van der Waals surface area contributed by atoms with Gasteiger partial charge in [-0.2, -0.15) is 0 Å². The van der Waals surface area contributed by atoms with E-state index in [2.05, 4.69) is 24.5 Å². The first-order valence-electron chi connectivity index (χ1n) is 7.04. The molecule has 0 aromatic heterocycles. The lowest BCUT2D eigenvalue weighted by molar-refractivity contribution is -0.115. The Morgan fingerprint density at radius 1 is 1.19 bits per heavy atom. The number of hydrogen-bond acceptors (Lipinski definition) is 3. The van der Waals surface area contributed by atoms with E-state index in [4.69, 9.17) is 4.74 Å². The summed E-state index contributed by atoms with van der Waals surface area (Å²) in [7, 11) is 0. The summed E-state index contributed by atoms with van der Waals surface area (Å²) in [5, 5.41) is 5.24. The summed E-state index contributed by atoms with van der Waals surface area (Å²) in [6, 6.07) is 7.62. The molecule has 0 heterocycles. The fraction of sp³-hybridized carbons (Fsp3) is 0.500. The summed E-state index contributed by atoms with van der Waals surface area (Å²) < 4.78 is 5.07. The summed E-state index contributed by atoms with van der Waals surface area (Å²) in [4.78, 5) is 23.4. The number of nitrogens with one attached hydrogen (secondary N) is 2. The number of rotatable bonds is 4. The van der Waals surface area contributed by atoms with E-state index in [0.29, 0.717) is 5.92 Å². The number of anilines is 1. The average molecular weight is 292 g/mol. The van der Waals surface area contributed by atoms with Crippen LogP contribution in [0.3, 0.4) is 0 Å². The molecule has 0 aliphatic carbocycles. The van der Waals surface area contributed by atoms with E-state index < -0.39 is 11.7 Å². The zero-order chi connectivity index (χ0) is 16.0. The first kappa shape index (κ1) is 17.0. The molecule has 116 valence electrons.